The summed E-state index contributed by atoms with van der Waals surface area (Å²) in [5.74, 6) is -2.10. The Kier molecular flexibility index (Phi) is 4.52. The van der Waals surface area contributed by atoms with Gasteiger partial charge in [0.1, 0.15) is 6.10 Å². The second kappa shape index (κ2) is 6.05. The minimum atomic E-state index is -4.00. The Morgan fingerprint density at radius 3 is 2.36 bits per heavy atom. The van der Waals surface area contributed by atoms with Crippen LogP contribution in [0.1, 0.15) is 18.9 Å². The van der Waals surface area contributed by atoms with Crippen molar-refractivity contribution in [2.75, 3.05) is 6.54 Å². The van der Waals surface area contributed by atoms with Crippen LogP contribution >= 0.6 is 0 Å². The van der Waals surface area contributed by atoms with Gasteiger partial charge in [-0.15, -0.1) is 0 Å². The lowest BCUT2D eigenvalue weighted by Crippen LogP contribution is -2.46. The zero-order valence-corrected chi connectivity index (χ0v) is 13.0. The van der Waals surface area contributed by atoms with Gasteiger partial charge >= 0.3 is 5.97 Å². The molecular formula is C14H16NO6S-. The van der Waals surface area contributed by atoms with Gasteiger partial charge in [0.05, 0.1) is 23.5 Å². The number of hydrogen-bond donors (Lipinski definition) is 0. The molecule has 0 amide bonds. The number of rotatable bonds is 4. The van der Waals surface area contributed by atoms with Crippen LogP contribution < -0.4 is 5.11 Å². The van der Waals surface area contributed by atoms with E-state index in [-0.39, 0.29) is 17.9 Å². The summed E-state index contributed by atoms with van der Waals surface area (Å²) in [6.45, 7) is 2.80. The van der Waals surface area contributed by atoms with E-state index < -0.39 is 34.1 Å². The molecule has 8 heteroatoms. The molecular weight excluding hydrogens is 310 g/mol. The van der Waals surface area contributed by atoms with E-state index in [0.29, 0.717) is 0 Å². The number of aryl methyl sites for hydroxylation is 1. The van der Waals surface area contributed by atoms with E-state index in [2.05, 4.69) is 0 Å². The lowest BCUT2D eigenvalue weighted by Gasteiger charge is -2.24. The smallest absolute Gasteiger partial charge is 0.302 e. The zero-order chi connectivity index (χ0) is 16.5. The first-order chi connectivity index (χ1) is 10.2. The number of hydrogen-bond acceptors (Lipinski definition) is 6. The summed E-state index contributed by atoms with van der Waals surface area (Å²) in [6.07, 6.45) is -0.909. The summed E-state index contributed by atoms with van der Waals surface area (Å²) >= 11 is 0. The molecule has 0 spiro atoms. The van der Waals surface area contributed by atoms with E-state index in [4.69, 9.17) is 4.74 Å². The fourth-order valence-corrected chi connectivity index (χ4v) is 4.03. The van der Waals surface area contributed by atoms with E-state index >= 15 is 0 Å². The Hall–Kier alpha value is -1.93. The highest BCUT2D eigenvalue weighted by atomic mass is 32.2. The van der Waals surface area contributed by atoms with Crippen LogP contribution in [-0.2, 0) is 24.3 Å². The van der Waals surface area contributed by atoms with Gasteiger partial charge in [-0.05, 0) is 19.1 Å². The van der Waals surface area contributed by atoms with Gasteiger partial charge in [0.15, 0.2) is 0 Å². The average Bonchev–Trinajstić information content (AvgIpc) is 2.83. The SMILES string of the molecule is CC(=O)O[C@@H]1C[C@@H](C(=O)[O-])N(S(=O)(=O)c2ccc(C)cc2)C1. The number of carboxylic acid groups (broad SMARTS) is 1. The minimum Gasteiger partial charge on any atom is -0.548 e. The molecule has 120 valence electrons. The molecule has 0 N–H and O–H groups in total. The number of esters is 1. The molecule has 1 aromatic rings. The number of nitrogens with zero attached hydrogens (tertiary/aromatic N) is 1. The van der Waals surface area contributed by atoms with E-state index in [0.717, 1.165) is 9.87 Å². The maximum atomic E-state index is 12.6. The predicted octanol–water partition coefficient (Wildman–Crippen LogP) is -0.560. The standard InChI is InChI=1S/C14H17NO6S/c1-9-3-5-12(6-4-9)22(19,20)15-8-11(21-10(2)16)7-13(15)14(17)18/h3-6,11,13H,7-8H2,1-2H3,(H,17,18)/p-1/t11-,13+/m1/s1. The number of carbonyl (C=O) groups is 2. The Balaban J connectivity index is 2.33. The summed E-state index contributed by atoms with van der Waals surface area (Å²) in [4.78, 5) is 22.2. The van der Waals surface area contributed by atoms with Crippen LogP contribution in [0.4, 0.5) is 0 Å². The van der Waals surface area contributed by atoms with Crippen LogP contribution in [0.25, 0.3) is 0 Å². The average molecular weight is 326 g/mol. The Labute approximate surface area is 128 Å². The quantitative estimate of drug-likeness (QED) is 0.687. The number of aliphatic carboxylic acids is 1. The number of ether oxygens (including phenoxy) is 1. The molecule has 1 saturated heterocycles. The normalized spacial score (nSPS) is 22.5. The van der Waals surface area contributed by atoms with Crippen LogP contribution in [0.5, 0.6) is 0 Å². The lowest BCUT2D eigenvalue weighted by molar-refractivity contribution is -0.309. The van der Waals surface area contributed by atoms with Crippen molar-refractivity contribution >= 4 is 22.0 Å². The van der Waals surface area contributed by atoms with E-state index in [9.17, 15) is 23.1 Å². The largest absolute Gasteiger partial charge is 0.548 e. The van der Waals surface area contributed by atoms with Gasteiger partial charge in [-0.2, -0.15) is 4.31 Å². The minimum absolute atomic E-state index is 0.00664. The van der Waals surface area contributed by atoms with E-state index in [1.807, 2.05) is 6.92 Å². The molecule has 1 heterocycles. The van der Waals surface area contributed by atoms with Gasteiger partial charge in [0.25, 0.3) is 0 Å². The van der Waals surface area contributed by atoms with Crippen molar-refractivity contribution in [3.8, 4) is 0 Å². The Morgan fingerprint density at radius 1 is 1.27 bits per heavy atom. The van der Waals surface area contributed by atoms with Crippen LogP contribution in [-0.4, -0.2) is 43.4 Å². The highest BCUT2D eigenvalue weighted by Gasteiger charge is 2.42. The number of sulfonamides is 1. The van der Waals surface area contributed by atoms with Crippen molar-refractivity contribution in [1.82, 2.24) is 4.31 Å². The van der Waals surface area contributed by atoms with Gasteiger partial charge < -0.3 is 14.6 Å². The van der Waals surface area contributed by atoms with E-state index in [1.165, 1.54) is 19.1 Å². The first kappa shape index (κ1) is 16.4. The molecule has 0 aliphatic carbocycles. The van der Waals surface area contributed by atoms with Crippen molar-refractivity contribution in [2.45, 2.75) is 37.3 Å². The summed E-state index contributed by atoms with van der Waals surface area (Å²) in [6, 6.07) is 4.73. The third kappa shape index (κ3) is 3.28. The van der Waals surface area contributed by atoms with E-state index in [1.54, 1.807) is 12.1 Å². The lowest BCUT2D eigenvalue weighted by atomic mass is 10.2. The molecule has 22 heavy (non-hydrogen) atoms. The molecule has 0 aromatic heterocycles. The molecule has 0 saturated carbocycles. The monoisotopic (exact) mass is 326 g/mol. The molecule has 2 rings (SSSR count). The summed E-state index contributed by atoms with van der Waals surface area (Å²) < 4.78 is 30.9. The Bertz CT molecular complexity index is 682. The molecule has 2 atom stereocenters. The highest BCUT2D eigenvalue weighted by molar-refractivity contribution is 7.89. The summed E-state index contributed by atoms with van der Waals surface area (Å²) in [7, 11) is -4.00. The first-order valence-corrected chi connectivity index (χ1v) is 8.12. The zero-order valence-electron chi connectivity index (χ0n) is 12.2. The van der Waals surface area contributed by atoms with Crippen LogP contribution in [0.2, 0.25) is 0 Å². The van der Waals surface area contributed by atoms with Crippen LogP contribution in [0, 0.1) is 6.92 Å². The van der Waals surface area contributed by atoms with Crippen molar-refractivity contribution < 1.29 is 27.9 Å². The third-order valence-electron chi connectivity index (χ3n) is 3.45. The summed E-state index contributed by atoms with van der Waals surface area (Å²) in [5.41, 5.74) is 0.884. The molecule has 0 bridgehead atoms. The fraction of sp³-hybridized carbons (Fsp3) is 0.429. The molecule has 7 nitrogen and oxygen atoms in total. The van der Waals surface area contributed by atoms with Crippen molar-refractivity contribution in [3.63, 3.8) is 0 Å². The molecule has 1 aliphatic heterocycles. The first-order valence-electron chi connectivity index (χ1n) is 6.68. The second-order valence-corrected chi connectivity index (χ2v) is 7.08. The van der Waals surface area contributed by atoms with Gasteiger partial charge in [0.2, 0.25) is 10.0 Å². The molecule has 1 aliphatic rings. The molecule has 0 radical (unpaired) electrons. The van der Waals surface area contributed by atoms with Crippen molar-refractivity contribution in [2.24, 2.45) is 0 Å². The Morgan fingerprint density at radius 2 is 1.86 bits per heavy atom. The van der Waals surface area contributed by atoms with Crippen LogP contribution in [0.3, 0.4) is 0 Å². The maximum Gasteiger partial charge on any atom is 0.302 e. The van der Waals surface area contributed by atoms with Crippen molar-refractivity contribution in [3.05, 3.63) is 29.8 Å². The van der Waals surface area contributed by atoms with Gasteiger partial charge in [-0.3, -0.25) is 4.79 Å². The van der Waals surface area contributed by atoms with Gasteiger partial charge in [0, 0.05) is 13.3 Å². The molecule has 0 unspecified atom stereocenters. The van der Waals surface area contributed by atoms with Gasteiger partial charge in [-0.25, -0.2) is 8.42 Å². The van der Waals surface area contributed by atoms with Crippen LogP contribution in [0.15, 0.2) is 29.2 Å². The third-order valence-corrected chi connectivity index (χ3v) is 5.34. The summed E-state index contributed by atoms with van der Waals surface area (Å²) in [5, 5.41) is 11.2. The number of carbonyl (C=O) groups excluding carboxylic acids is 2. The predicted molar refractivity (Wildman–Crippen MR) is 74.0 cm³/mol. The second-order valence-electron chi connectivity index (χ2n) is 5.19. The molecule has 1 aromatic carbocycles. The molecule has 1 fully saturated rings. The fourth-order valence-electron chi connectivity index (χ4n) is 2.41. The van der Waals surface area contributed by atoms with Gasteiger partial charge in [-0.1, -0.05) is 17.7 Å². The van der Waals surface area contributed by atoms with Crippen molar-refractivity contribution in [1.29, 1.82) is 0 Å². The maximum absolute atomic E-state index is 12.6. The topological polar surface area (TPSA) is 104 Å². The number of benzene rings is 1. The number of carboxylic acids is 1. The highest BCUT2D eigenvalue weighted by Crippen LogP contribution is 2.27.